The smallest absolute Gasteiger partial charge is 0.293 e. The molecule has 0 radical (unpaired) electrons. The van der Waals surface area contributed by atoms with Gasteiger partial charge in [0.1, 0.15) is 5.69 Å². The third-order valence-electron chi connectivity index (χ3n) is 3.77. The zero-order valence-electron chi connectivity index (χ0n) is 11.8. The first-order chi connectivity index (χ1) is 9.54. The number of nitro benzene ring substituents is 1. The molecule has 6 heteroatoms. The quantitative estimate of drug-likeness (QED) is 0.680. The van der Waals surface area contributed by atoms with E-state index in [9.17, 15) is 14.9 Å². The SMILES string of the molecule is CNc1ccc(C(=O)N2CCCCC2C)cc1[N+](=O)[O-]. The van der Waals surface area contributed by atoms with Crippen molar-refractivity contribution < 1.29 is 9.72 Å². The lowest BCUT2D eigenvalue weighted by Crippen LogP contribution is -2.42. The Morgan fingerprint density at radius 3 is 2.80 bits per heavy atom. The Labute approximate surface area is 117 Å². The van der Waals surface area contributed by atoms with E-state index in [1.807, 2.05) is 11.8 Å². The summed E-state index contributed by atoms with van der Waals surface area (Å²) in [4.78, 5) is 24.8. The minimum atomic E-state index is -0.470. The summed E-state index contributed by atoms with van der Waals surface area (Å²) in [6.07, 6.45) is 3.11. The molecule has 1 aliphatic rings. The number of nitrogens with zero attached hydrogens (tertiary/aromatic N) is 2. The maximum absolute atomic E-state index is 12.5. The van der Waals surface area contributed by atoms with Gasteiger partial charge in [-0.15, -0.1) is 0 Å². The highest BCUT2D eigenvalue weighted by Crippen LogP contribution is 2.27. The van der Waals surface area contributed by atoms with Gasteiger partial charge in [-0.05, 0) is 38.3 Å². The summed E-state index contributed by atoms with van der Waals surface area (Å²) in [7, 11) is 1.62. The number of rotatable bonds is 3. The maximum Gasteiger partial charge on any atom is 0.293 e. The molecular formula is C14H19N3O3. The number of anilines is 1. The lowest BCUT2D eigenvalue weighted by molar-refractivity contribution is -0.384. The summed E-state index contributed by atoms with van der Waals surface area (Å²) in [6.45, 7) is 2.75. The predicted octanol–water partition coefficient (Wildman–Crippen LogP) is 2.65. The number of likely N-dealkylation sites (tertiary alicyclic amines) is 1. The molecule has 1 N–H and O–H groups in total. The first kappa shape index (κ1) is 14.3. The van der Waals surface area contributed by atoms with Crippen molar-refractivity contribution >= 4 is 17.3 Å². The molecule has 2 rings (SSSR count). The van der Waals surface area contributed by atoms with E-state index in [1.54, 1.807) is 19.2 Å². The summed E-state index contributed by atoms with van der Waals surface area (Å²) >= 11 is 0. The van der Waals surface area contributed by atoms with Crippen LogP contribution >= 0.6 is 0 Å². The zero-order chi connectivity index (χ0) is 14.7. The second-order valence-electron chi connectivity index (χ2n) is 5.08. The van der Waals surface area contributed by atoms with Crippen LogP contribution in [-0.2, 0) is 0 Å². The van der Waals surface area contributed by atoms with Crippen molar-refractivity contribution in [3.8, 4) is 0 Å². The minimum Gasteiger partial charge on any atom is -0.383 e. The lowest BCUT2D eigenvalue weighted by atomic mass is 10.0. The third-order valence-corrected chi connectivity index (χ3v) is 3.77. The van der Waals surface area contributed by atoms with Crippen LogP contribution in [0.2, 0.25) is 0 Å². The molecule has 108 valence electrons. The van der Waals surface area contributed by atoms with Crippen molar-refractivity contribution in [2.24, 2.45) is 0 Å². The van der Waals surface area contributed by atoms with Gasteiger partial charge >= 0.3 is 0 Å². The topological polar surface area (TPSA) is 75.5 Å². The standard InChI is InChI=1S/C14H19N3O3/c1-10-5-3-4-8-16(10)14(18)11-6-7-12(15-2)13(9-11)17(19)20/h6-7,9-10,15H,3-5,8H2,1-2H3. The van der Waals surface area contributed by atoms with Crippen molar-refractivity contribution in [2.75, 3.05) is 18.9 Å². The van der Waals surface area contributed by atoms with Gasteiger partial charge in [0.25, 0.3) is 11.6 Å². The fourth-order valence-electron chi connectivity index (χ4n) is 2.59. The van der Waals surface area contributed by atoms with E-state index in [1.165, 1.54) is 6.07 Å². The van der Waals surface area contributed by atoms with Gasteiger partial charge in [-0.2, -0.15) is 0 Å². The second kappa shape index (κ2) is 5.90. The summed E-state index contributed by atoms with van der Waals surface area (Å²) in [6, 6.07) is 4.78. The van der Waals surface area contributed by atoms with Crippen LogP contribution in [0, 0.1) is 10.1 Å². The Morgan fingerprint density at radius 2 is 2.20 bits per heavy atom. The molecular weight excluding hydrogens is 258 g/mol. The highest BCUT2D eigenvalue weighted by molar-refractivity contribution is 5.96. The molecule has 1 saturated heterocycles. The molecule has 0 bridgehead atoms. The van der Waals surface area contributed by atoms with E-state index >= 15 is 0 Å². The number of hydrogen-bond donors (Lipinski definition) is 1. The van der Waals surface area contributed by atoms with Gasteiger partial charge in [0.15, 0.2) is 0 Å². The molecule has 1 fully saturated rings. The fraction of sp³-hybridized carbons (Fsp3) is 0.500. The molecule has 6 nitrogen and oxygen atoms in total. The van der Waals surface area contributed by atoms with Crippen LogP contribution in [0.3, 0.4) is 0 Å². The van der Waals surface area contributed by atoms with Gasteiger partial charge in [0.2, 0.25) is 0 Å². The third kappa shape index (κ3) is 2.74. The Hall–Kier alpha value is -2.11. The average molecular weight is 277 g/mol. The van der Waals surface area contributed by atoms with E-state index in [4.69, 9.17) is 0 Å². The Bertz CT molecular complexity index is 530. The van der Waals surface area contributed by atoms with Crippen LogP contribution in [0.15, 0.2) is 18.2 Å². The number of nitrogens with one attached hydrogen (secondary N) is 1. The summed E-state index contributed by atoms with van der Waals surface area (Å²) < 4.78 is 0. The van der Waals surface area contributed by atoms with Gasteiger partial charge in [0, 0.05) is 31.3 Å². The highest BCUT2D eigenvalue weighted by Gasteiger charge is 2.26. The van der Waals surface area contributed by atoms with Crippen molar-refractivity contribution in [1.82, 2.24) is 4.90 Å². The van der Waals surface area contributed by atoms with E-state index < -0.39 is 4.92 Å². The molecule has 0 aromatic heterocycles. The summed E-state index contributed by atoms with van der Waals surface area (Å²) in [5.41, 5.74) is 0.728. The molecule has 1 aromatic carbocycles. The molecule has 20 heavy (non-hydrogen) atoms. The molecule has 1 amide bonds. The molecule has 1 unspecified atom stereocenters. The van der Waals surface area contributed by atoms with Gasteiger partial charge < -0.3 is 10.2 Å². The van der Waals surface area contributed by atoms with Gasteiger partial charge in [-0.3, -0.25) is 14.9 Å². The van der Waals surface area contributed by atoms with Crippen molar-refractivity contribution in [1.29, 1.82) is 0 Å². The normalized spacial score (nSPS) is 18.7. The second-order valence-corrected chi connectivity index (χ2v) is 5.08. The van der Waals surface area contributed by atoms with Gasteiger partial charge in [0.05, 0.1) is 4.92 Å². The first-order valence-electron chi connectivity index (χ1n) is 6.81. The van der Waals surface area contributed by atoms with Crippen LogP contribution < -0.4 is 5.32 Å². The lowest BCUT2D eigenvalue weighted by Gasteiger charge is -2.33. The summed E-state index contributed by atoms with van der Waals surface area (Å²) in [5, 5.41) is 13.8. The van der Waals surface area contributed by atoms with Crippen LogP contribution in [0.1, 0.15) is 36.5 Å². The van der Waals surface area contributed by atoms with Crippen molar-refractivity contribution in [3.63, 3.8) is 0 Å². The highest BCUT2D eigenvalue weighted by atomic mass is 16.6. The van der Waals surface area contributed by atoms with E-state index in [0.717, 1.165) is 25.8 Å². The van der Waals surface area contributed by atoms with E-state index in [0.29, 0.717) is 11.3 Å². The first-order valence-corrected chi connectivity index (χ1v) is 6.81. The molecule has 1 aromatic rings. The minimum absolute atomic E-state index is 0.0667. The Morgan fingerprint density at radius 1 is 1.45 bits per heavy atom. The van der Waals surface area contributed by atoms with E-state index in [2.05, 4.69) is 5.32 Å². The van der Waals surface area contributed by atoms with E-state index in [-0.39, 0.29) is 17.6 Å². The van der Waals surface area contributed by atoms with Crippen LogP contribution in [0.4, 0.5) is 11.4 Å². The zero-order valence-corrected chi connectivity index (χ0v) is 11.8. The average Bonchev–Trinajstić information content (AvgIpc) is 2.46. The number of piperidine rings is 1. The number of benzene rings is 1. The van der Waals surface area contributed by atoms with Crippen LogP contribution in [0.5, 0.6) is 0 Å². The Balaban J connectivity index is 2.30. The summed E-state index contributed by atoms with van der Waals surface area (Å²) in [5.74, 6) is -0.122. The largest absolute Gasteiger partial charge is 0.383 e. The molecule has 1 aliphatic heterocycles. The van der Waals surface area contributed by atoms with Crippen molar-refractivity contribution in [2.45, 2.75) is 32.2 Å². The fourth-order valence-corrected chi connectivity index (χ4v) is 2.59. The van der Waals surface area contributed by atoms with Gasteiger partial charge in [-0.25, -0.2) is 0 Å². The van der Waals surface area contributed by atoms with Gasteiger partial charge in [-0.1, -0.05) is 0 Å². The number of carbonyl (C=O) groups excluding carboxylic acids is 1. The molecule has 0 spiro atoms. The molecule has 0 saturated carbocycles. The number of hydrogen-bond acceptors (Lipinski definition) is 4. The number of carbonyl (C=O) groups is 1. The van der Waals surface area contributed by atoms with Crippen molar-refractivity contribution in [3.05, 3.63) is 33.9 Å². The molecule has 1 atom stereocenters. The number of nitro groups is 1. The predicted molar refractivity (Wildman–Crippen MR) is 77.0 cm³/mol. The molecule has 1 heterocycles. The monoisotopic (exact) mass is 277 g/mol. The van der Waals surface area contributed by atoms with Crippen LogP contribution in [-0.4, -0.2) is 35.4 Å². The molecule has 0 aliphatic carbocycles. The maximum atomic E-state index is 12.5. The Kier molecular flexibility index (Phi) is 4.22. The number of amides is 1. The van der Waals surface area contributed by atoms with Crippen LogP contribution in [0.25, 0.3) is 0 Å².